The van der Waals surface area contributed by atoms with Crippen LogP contribution < -0.4 is 15.1 Å². The summed E-state index contributed by atoms with van der Waals surface area (Å²) in [6, 6.07) is 29.1. The number of fused-ring (bicyclic) bond motifs is 1. The molecule has 3 nitrogen and oxygen atoms in total. The van der Waals surface area contributed by atoms with Gasteiger partial charge in [-0.05, 0) is 41.8 Å². The lowest BCUT2D eigenvalue weighted by Gasteiger charge is -2.21. The van der Waals surface area contributed by atoms with E-state index in [2.05, 4.69) is 0 Å². The van der Waals surface area contributed by atoms with Crippen LogP contribution in [0.4, 0.5) is 0 Å². The van der Waals surface area contributed by atoms with Gasteiger partial charge in [-0.3, -0.25) is 4.57 Å². The fourth-order valence-electron chi connectivity index (χ4n) is 3.00. The molecule has 0 radical (unpaired) electrons. The second kappa shape index (κ2) is 6.70. The number of phenolic OH excluding ortho intramolecular Hbond substituents is 1. The minimum atomic E-state index is -3.38. The van der Waals surface area contributed by atoms with Crippen molar-refractivity contribution in [1.29, 1.82) is 0 Å². The number of phenols is 1. The summed E-state index contributed by atoms with van der Waals surface area (Å²) in [5.74, 6) is 0.502. The third kappa shape index (κ3) is 2.87. The number of rotatable bonds is 4. The highest BCUT2D eigenvalue weighted by atomic mass is 31.2. The molecule has 4 heteroatoms. The Labute approximate surface area is 152 Å². The second-order valence-corrected chi connectivity index (χ2v) is 8.26. The summed E-state index contributed by atoms with van der Waals surface area (Å²) in [6.07, 6.45) is 0. The minimum Gasteiger partial charge on any atom is -0.507 e. The summed E-state index contributed by atoms with van der Waals surface area (Å²) in [5, 5.41) is 12.9. The van der Waals surface area contributed by atoms with E-state index in [-0.39, 0.29) is 5.75 Å². The van der Waals surface area contributed by atoms with E-state index in [1.54, 1.807) is 42.5 Å². The highest BCUT2D eigenvalue weighted by Crippen LogP contribution is 2.48. The second-order valence-electron chi connectivity index (χ2n) is 5.95. The Morgan fingerprint density at radius 3 is 1.77 bits per heavy atom. The maximum atomic E-state index is 14.0. The molecule has 4 rings (SSSR count). The zero-order chi connectivity index (χ0) is 18.0. The summed E-state index contributed by atoms with van der Waals surface area (Å²) in [7, 11) is -3.38. The molecular formula is C22H17O3P. The van der Waals surface area contributed by atoms with Gasteiger partial charge in [-0.1, -0.05) is 60.7 Å². The van der Waals surface area contributed by atoms with Crippen LogP contribution in [-0.2, 0) is 4.57 Å². The molecule has 26 heavy (non-hydrogen) atoms. The lowest BCUT2D eigenvalue weighted by molar-refractivity contribution is 0.477. The van der Waals surface area contributed by atoms with E-state index >= 15 is 0 Å². The summed E-state index contributed by atoms with van der Waals surface area (Å²) in [4.78, 5) is 0. The lowest BCUT2D eigenvalue weighted by atomic mass is 10.1. The van der Waals surface area contributed by atoms with E-state index in [9.17, 15) is 9.67 Å². The van der Waals surface area contributed by atoms with Gasteiger partial charge >= 0.3 is 7.37 Å². The Morgan fingerprint density at radius 1 is 0.654 bits per heavy atom. The van der Waals surface area contributed by atoms with Crippen molar-refractivity contribution in [1.82, 2.24) is 0 Å². The molecule has 0 aliphatic heterocycles. The molecule has 128 valence electrons. The Balaban J connectivity index is 1.92. The van der Waals surface area contributed by atoms with E-state index in [0.717, 1.165) is 5.39 Å². The van der Waals surface area contributed by atoms with Gasteiger partial charge in [0.1, 0.15) is 11.5 Å². The zero-order valence-electron chi connectivity index (χ0n) is 13.9. The van der Waals surface area contributed by atoms with Crippen LogP contribution in [-0.4, -0.2) is 5.11 Å². The Hall–Kier alpha value is -3.03. The van der Waals surface area contributed by atoms with Crippen molar-refractivity contribution in [3.8, 4) is 11.5 Å². The third-order valence-electron chi connectivity index (χ3n) is 4.26. The molecule has 0 amide bonds. The third-order valence-corrected chi connectivity index (χ3v) is 6.67. The lowest BCUT2D eigenvalue weighted by Crippen LogP contribution is -2.20. The topological polar surface area (TPSA) is 46.5 Å². The molecule has 0 atom stereocenters. The average Bonchev–Trinajstić information content (AvgIpc) is 2.69. The first kappa shape index (κ1) is 16.4. The standard InChI is InChI=1S/C22H17O3P/c23-20-15-7-9-17-10-8-16-21(22(17)20)25-26(24,18-11-3-1-4-12-18)19-13-5-2-6-14-19/h1-16,23H. The predicted molar refractivity (Wildman–Crippen MR) is 106 cm³/mol. The molecule has 0 aliphatic rings. The van der Waals surface area contributed by atoms with Crippen LogP contribution in [0.15, 0.2) is 97.1 Å². The molecule has 0 fully saturated rings. The van der Waals surface area contributed by atoms with Crippen LogP contribution in [0.5, 0.6) is 11.5 Å². The van der Waals surface area contributed by atoms with Crippen LogP contribution in [0.3, 0.4) is 0 Å². The average molecular weight is 360 g/mol. The van der Waals surface area contributed by atoms with Crippen LogP contribution in [0, 0.1) is 0 Å². The Morgan fingerprint density at radius 2 is 1.19 bits per heavy atom. The highest BCUT2D eigenvalue weighted by Gasteiger charge is 2.30. The van der Waals surface area contributed by atoms with Crippen LogP contribution in [0.2, 0.25) is 0 Å². The molecule has 0 aromatic heterocycles. The Bertz CT molecular complexity index is 1040. The van der Waals surface area contributed by atoms with Gasteiger partial charge in [-0.15, -0.1) is 0 Å². The van der Waals surface area contributed by atoms with E-state index in [0.29, 0.717) is 21.7 Å². The van der Waals surface area contributed by atoms with Crippen molar-refractivity contribution in [2.75, 3.05) is 0 Å². The molecule has 4 aromatic carbocycles. The molecule has 0 heterocycles. The molecular weight excluding hydrogens is 343 g/mol. The maximum Gasteiger partial charge on any atom is 0.306 e. The van der Waals surface area contributed by atoms with E-state index in [1.165, 1.54) is 0 Å². The first-order valence-electron chi connectivity index (χ1n) is 8.30. The van der Waals surface area contributed by atoms with E-state index in [4.69, 9.17) is 4.52 Å². The molecule has 0 saturated carbocycles. The number of aromatic hydroxyl groups is 1. The van der Waals surface area contributed by atoms with Crippen LogP contribution in [0.1, 0.15) is 0 Å². The largest absolute Gasteiger partial charge is 0.507 e. The van der Waals surface area contributed by atoms with Crippen molar-refractivity contribution < 1.29 is 14.2 Å². The normalized spacial score (nSPS) is 11.4. The van der Waals surface area contributed by atoms with Crippen molar-refractivity contribution in [2.45, 2.75) is 0 Å². The molecule has 4 aromatic rings. The van der Waals surface area contributed by atoms with Gasteiger partial charge in [0.25, 0.3) is 0 Å². The number of benzene rings is 4. The van der Waals surface area contributed by atoms with Crippen molar-refractivity contribution in [2.24, 2.45) is 0 Å². The van der Waals surface area contributed by atoms with Gasteiger partial charge in [0.15, 0.2) is 0 Å². The molecule has 0 spiro atoms. The van der Waals surface area contributed by atoms with Gasteiger partial charge in [0, 0.05) is 0 Å². The van der Waals surface area contributed by atoms with Crippen molar-refractivity contribution in [3.63, 3.8) is 0 Å². The molecule has 0 saturated heterocycles. The van der Waals surface area contributed by atoms with E-state index in [1.807, 2.05) is 54.6 Å². The number of hydrogen-bond acceptors (Lipinski definition) is 3. The van der Waals surface area contributed by atoms with Gasteiger partial charge in [0.05, 0.1) is 16.0 Å². The van der Waals surface area contributed by atoms with Gasteiger partial charge in [-0.25, -0.2) is 0 Å². The molecule has 0 unspecified atom stereocenters. The summed E-state index contributed by atoms with van der Waals surface area (Å²) in [6.45, 7) is 0. The fraction of sp³-hybridized carbons (Fsp3) is 0. The van der Waals surface area contributed by atoms with Gasteiger partial charge < -0.3 is 9.63 Å². The minimum absolute atomic E-state index is 0.103. The first-order valence-corrected chi connectivity index (χ1v) is 9.92. The monoisotopic (exact) mass is 360 g/mol. The van der Waals surface area contributed by atoms with E-state index < -0.39 is 7.37 Å². The van der Waals surface area contributed by atoms with Crippen LogP contribution in [0.25, 0.3) is 10.8 Å². The fourth-order valence-corrected chi connectivity index (χ4v) is 5.07. The predicted octanol–water partition coefficient (Wildman–Crippen LogP) is 4.85. The summed E-state index contributed by atoms with van der Waals surface area (Å²) >= 11 is 0. The maximum absolute atomic E-state index is 14.0. The van der Waals surface area contributed by atoms with Crippen LogP contribution >= 0.6 is 7.37 Å². The van der Waals surface area contributed by atoms with Crippen molar-refractivity contribution >= 4 is 28.8 Å². The van der Waals surface area contributed by atoms with Gasteiger partial charge in [-0.2, -0.15) is 0 Å². The summed E-state index contributed by atoms with van der Waals surface area (Å²) < 4.78 is 20.2. The quantitative estimate of drug-likeness (QED) is 0.529. The Kier molecular flexibility index (Phi) is 4.24. The van der Waals surface area contributed by atoms with Gasteiger partial charge in [0.2, 0.25) is 0 Å². The SMILES string of the molecule is O=P(Oc1cccc2cccc(O)c12)(c1ccccc1)c1ccccc1. The first-order chi connectivity index (χ1) is 12.7. The number of hydrogen-bond donors (Lipinski definition) is 1. The smallest absolute Gasteiger partial charge is 0.306 e. The molecule has 0 aliphatic carbocycles. The zero-order valence-corrected chi connectivity index (χ0v) is 14.8. The van der Waals surface area contributed by atoms with Crippen molar-refractivity contribution in [3.05, 3.63) is 97.1 Å². The summed E-state index contributed by atoms with van der Waals surface area (Å²) in [5.41, 5.74) is 0. The molecule has 1 N–H and O–H groups in total. The highest BCUT2D eigenvalue weighted by molar-refractivity contribution is 7.74. The molecule has 0 bridgehead atoms.